The topological polar surface area (TPSA) is 130 Å². The molecule has 0 aliphatic rings. The van der Waals surface area contributed by atoms with Crippen molar-refractivity contribution in [3.8, 4) is 45.7 Å². The van der Waals surface area contributed by atoms with Crippen molar-refractivity contribution in [3.05, 3.63) is 83.9 Å². The van der Waals surface area contributed by atoms with Gasteiger partial charge in [-0.05, 0) is 55.3 Å². The summed E-state index contributed by atoms with van der Waals surface area (Å²) in [5.41, 5.74) is 3.20. The van der Waals surface area contributed by atoms with Crippen molar-refractivity contribution < 1.29 is 28.1 Å². The van der Waals surface area contributed by atoms with Gasteiger partial charge in [-0.2, -0.15) is 9.97 Å². The number of carbonyl (C=O) groups excluding carboxylic acids is 2. The van der Waals surface area contributed by atoms with Gasteiger partial charge in [-0.3, -0.25) is 0 Å². The fourth-order valence-electron chi connectivity index (χ4n) is 3.88. The zero-order chi connectivity index (χ0) is 29.3. The first-order valence-electron chi connectivity index (χ1n) is 13.0. The zero-order valence-electron chi connectivity index (χ0n) is 22.2. The van der Waals surface area contributed by atoms with Gasteiger partial charge in [0.05, 0.1) is 24.3 Å². The summed E-state index contributed by atoms with van der Waals surface area (Å²) in [6, 6.07) is 20.8. The van der Waals surface area contributed by atoms with Crippen molar-refractivity contribution in [2.24, 2.45) is 0 Å². The van der Waals surface area contributed by atoms with E-state index in [9.17, 15) is 9.59 Å². The Morgan fingerprint density at radius 2 is 1.05 bits per heavy atom. The second-order valence-corrected chi connectivity index (χ2v) is 9.70. The van der Waals surface area contributed by atoms with E-state index in [0.29, 0.717) is 69.6 Å². The number of aromatic nitrogens is 4. The van der Waals surface area contributed by atoms with E-state index in [1.807, 2.05) is 12.1 Å². The number of nitrogens with zero attached hydrogens (tertiary/aromatic N) is 4. The van der Waals surface area contributed by atoms with Crippen molar-refractivity contribution in [2.45, 2.75) is 12.8 Å². The molecular weight excluding hydrogens is 583 g/mol. The van der Waals surface area contributed by atoms with Crippen LogP contribution in [0.25, 0.3) is 45.7 Å². The average molecular weight is 607 g/mol. The highest BCUT2D eigenvalue weighted by Gasteiger charge is 2.17. The Morgan fingerprint density at radius 3 is 1.50 bits per heavy atom. The third-order valence-corrected chi connectivity index (χ3v) is 6.48. The smallest absolute Gasteiger partial charge is 0.338 e. The molecule has 2 heterocycles. The summed E-state index contributed by atoms with van der Waals surface area (Å²) in [6.45, 7) is 0.487. The quantitative estimate of drug-likeness (QED) is 0.0859. The second-order valence-electron chi connectivity index (χ2n) is 8.95. The lowest BCUT2D eigenvalue weighted by Crippen LogP contribution is -2.06. The summed E-state index contributed by atoms with van der Waals surface area (Å²) in [4.78, 5) is 33.6. The standard InChI is InChI=1S/C30H24Cl2N4O6/c31-12-4-14-39-29(37)23-10-1-6-19(16-23)25-33-27(41-35-25)21-8-3-9-22(18-21)28-34-26(36-42-28)20-7-2-11-24(17-20)30(38)40-15-5-13-32/h1-3,6-11,16-18H,4-5,12-15H2. The maximum Gasteiger partial charge on any atom is 0.338 e. The highest BCUT2D eigenvalue weighted by molar-refractivity contribution is 6.18. The Balaban J connectivity index is 1.32. The molecule has 0 saturated heterocycles. The summed E-state index contributed by atoms with van der Waals surface area (Å²) in [5, 5.41) is 8.16. The predicted octanol–water partition coefficient (Wildman–Crippen LogP) is 6.69. The molecule has 0 N–H and O–H groups in total. The van der Waals surface area contributed by atoms with Crippen LogP contribution in [0.5, 0.6) is 0 Å². The lowest BCUT2D eigenvalue weighted by molar-refractivity contribution is 0.0497. The van der Waals surface area contributed by atoms with Gasteiger partial charge in [0, 0.05) is 34.0 Å². The van der Waals surface area contributed by atoms with Gasteiger partial charge in [-0.1, -0.05) is 40.6 Å². The number of alkyl halides is 2. The van der Waals surface area contributed by atoms with Crippen LogP contribution in [0.2, 0.25) is 0 Å². The maximum atomic E-state index is 12.3. The SMILES string of the molecule is O=C(OCCCCl)c1cccc(-c2noc(-c3cccc(-c4nc(-c5cccc(C(=O)OCCCCl)c5)no4)c3)n2)c1. The molecule has 42 heavy (non-hydrogen) atoms. The minimum atomic E-state index is -0.453. The molecule has 0 aliphatic carbocycles. The first kappa shape index (κ1) is 29.0. The second kappa shape index (κ2) is 13.9. The van der Waals surface area contributed by atoms with Gasteiger partial charge in [0.25, 0.3) is 11.8 Å². The molecule has 0 bridgehead atoms. The fourth-order valence-corrected chi connectivity index (χ4v) is 4.10. The molecule has 0 saturated carbocycles. The molecule has 2 aromatic heterocycles. The number of carbonyl (C=O) groups is 2. The zero-order valence-corrected chi connectivity index (χ0v) is 23.7. The monoisotopic (exact) mass is 606 g/mol. The molecule has 0 unspecified atom stereocenters. The van der Waals surface area contributed by atoms with Gasteiger partial charge in [0.1, 0.15) is 0 Å². The van der Waals surface area contributed by atoms with Gasteiger partial charge in [-0.15, -0.1) is 23.2 Å². The third-order valence-electron chi connectivity index (χ3n) is 5.94. The highest BCUT2D eigenvalue weighted by Crippen LogP contribution is 2.28. The average Bonchev–Trinajstić information content (AvgIpc) is 3.73. The molecule has 0 amide bonds. The van der Waals surface area contributed by atoms with Crippen LogP contribution < -0.4 is 0 Å². The van der Waals surface area contributed by atoms with Gasteiger partial charge in [0.2, 0.25) is 11.6 Å². The van der Waals surface area contributed by atoms with Crippen LogP contribution in [0.15, 0.2) is 81.8 Å². The molecule has 0 spiro atoms. The molecule has 3 aromatic carbocycles. The molecular formula is C30H24Cl2N4O6. The summed E-state index contributed by atoms with van der Waals surface area (Å²) in [7, 11) is 0. The first-order chi connectivity index (χ1) is 20.6. The number of hydrogen-bond acceptors (Lipinski definition) is 10. The van der Waals surface area contributed by atoms with E-state index in [1.165, 1.54) is 0 Å². The van der Waals surface area contributed by atoms with Crippen molar-refractivity contribution >= 4 is 35.1 Å². The Hall–Kier alpha value is -4.54. The molecule has 12 heteroatoms. The van der Waals surface area contributed by atoms with E-state index in [0.717, 1.165) is 0 Å². The van der Waals surface area contributed by atoms with Crippen molar-refractivity contribution in [3.63, 3.8) is 0 Å². The van der Waals surface area contributed by atoms with Crippen LogP contribution in [-0.2, 0) is 9.47 Å². The Bertz CT molecular complexity index is 1570. The number of rotatable bonds is 12. The molecule has 0 atom stereocenters. The van der Waals surface area contributed by atoms with E-state index in [-0.39, 0.29) is 25.0 Å². The first-order valence-corrected chi connectivity index (χ1v) is 14.1. The molecule has 10 nitrogen and oxygen atoms in total. The summed E-state index contributed by atoms with van der Waals surface area (Å²) >= 11 is 11.3. The van der Waals surface area contributed by atoms with E-state index in [2.05, 4.69) is 20.3 Å². The number of esters is 2. The fraction of sp³-hybridized carbons (Fsp3) is 0.200. The van der Waals surface area contributed by atoms with Crippen molar-refractivity contribution in [1.82, 2.24) is 20.3 Å². The van der Waals surface area contributed by atoms with E-state index >= 15 is 0 Å². The molecule has 214 valence electrons. The van der Waals surface area contributed by atoms with E-state index in [4.69, 9.17) is 41.7 Å². The van der Waals surface area contributed by atoms with Gasteiger partial charge < -0.3 is 18.5 Å². The van der Waals surface area contributed by atoms with E-state index in [1.54, 1.807) is 60.7 Å². The maximum absolute atomic E-state index is 12.3. The minimum Gasteiger partial charge on any atom is -0.462 e. The lowest BCUT2D eigenvalue weighted by atomic mass is 10.1. The van der Waals surface area contributed by atoms with Crippen LogP contribution >= 0.6 is 23.2 Å². The third kappa shape index (κ3) is 7.02. The summed E-state index contributed by atoms with van der Waals surface area (Å²) in [6.07, 6.45) is 1.15. The summed E-state index contributed by atoms with van der Waals surface area (Å²) < 4.78 is 21.5. The Kier molecular flexibility index (Phi) is 9.58. The molecule has 0 aliphatic heterocycles. The van der Waals surface area contributed by atoms with Gasteiger partial charge in [0.15, 0.2) is 0 Å². The minimum absolute atomic E-state index is 0.243. The van der Waals surface area contributed by atoms with Crippen LogP contribution in [0, 0.1) is 0 Å². The van der Waals surface area contributed by atoms with Crippen LogP contribution in [0.4, 0.5) is 0 Å². The highest BCUT2D eigenvalue weighted by atomic mass is 35.5. The molecule has 0 radical (unpaired) electrons. The van der Waals surface area contributed by atoms with Gasteiger partial charge in [-0.25, -0.2) is 9.59 Å². The van der Waals surface area contributed by atoms with Crippen LogP contribution in [0.3, 0.4) is 0 Å². The number of halogens is 2. The van der Waals surface area contributed by atoms with Crippen LogP contribution in [0.1, 0.15) is 33.6 Å². The number of benzene rings is 3. The van der Waals surface area contributed by atoms with Crippen molar-refractivity contribution in [2.75, 3.05) is 25.0 Å². The molecule has 0 fully saturated rings. The number of hydrogen-bond donors (Lipinski definition) is 0. The normalized spacial score (nSPS) is 10.9. The summed E-state index contributed by atoms with van der Waals surface area (Å²) in [5.74, 6) is 1.08. The van der Waals surface area contributed by atoms with Gasteiger partial charge >= 0.3 is 11.9 Å². The molecule has 5 aromatic rings. The Morgan fingerprint density at radius 1 is 0.619 bits per heavy atom. The Labute approximate surface area is 250 Å². The van der Waals surface area contributed by atoms with Crippen molar-refractivity contribution in [1.29, 1.82) is 0 Å². The number of ether oxygens (including phenoxy) is 2. The van der Waals surface area contributed by atoms with E-state index < -0.39 is 11.9 Å². The predicted molar refractivity (Wildman–Crippen MR) is 155 cm³/mol. The van der Waals surface area contributed by atoms with Crippen LogP contribution in [-0.4, -0.2) is 57.2 Å². The largest absolute Gasteiger partial charge is 0.462 e. The lowest BCUT2D eigenvalue weighted by Gasteiger charge is -2.04. The molecule has 5 rings (SSSR count).